The lowest BCUT2D eigenvalue weighted by molar-refractivity contribution is -0.147. The fourth-order valence-corrected chi connectivity index (χ4v) is 2.74. The van der Waals surface area contributed by atoms with Crippen molar-refractivity contribution in [2.24, 2.45) is 0 Å². The van der Waals surface area contributed by atoms with Gasteiger partial charge in [0.1, 0.15) is 17.9 Å². The second-order valence-electron chi connectivity index (χ2n) is 6.30. The van der Waals surface area contributed by atoms with Crippen LogP contribution in [0.4, 0.5) is 0 Å². The Morgan fingerprint density at radius 2 is 1.79 bits per heavy atom. The summed E-state index contributed by atoms with van der Waals surface area (Å²) >= 11 is 0. The summed E-state index contributed by atoms with van der Waals surface area (Å²) in [5.74, 6) is -0.154. The monoisotopic (exact) mass is 380 g/mol. The van der Waals surface area contributed by atoms with E-state index in [0.717, 1.165) is 17.4 Å². The molecule has 0 atom stereocenters. The zero-order valence-electron chi connectivity index (χ0n) is 15.7. The van der Waals surface area contributed by atoms with Gasteiger partial charge in [0.2, 0.25) is 0 Å². The summed E-state index contributed by atoms with van der Waals surface area (Å²) in [6.45, 7) is 3.15. The van der Waals surface area contributed by atoms with Gasteiger partial charge in [0, 0.05) is 22.6 Å². The Morgan fingerprint density at radius 3 is 2.46 bits per heavy atom. The van der Waals surface area contributed by atoms with E-state index in [1.54, 1.807) is 24.3 Å². The number of ketones is 1. The van der Waals surface area contributed by atoms with Crippen molar-refractivity contribution in [2.75, 3.05) is 6.61 Å². The number of carbonyl (C=O) groups excluding carboxylic acids is 2. The SMILES string of the molecule is CCc1ccc2c(COC(=O)COc3ccc(C(C)=O)cc3)cc(=O)oc2c1. The summed E-state index contributed by atoms with van der Waals surface area (Å²) in [6.07, 6.45) is 0.823. The van der Waals surface area contributed by atoms with Crippen LogP contribution < -0.4 is 10.4 Å². The number of ether oxygens (including phenoxy) is 2. The van der Waals surface area contributed by atoms with Gasteiger partial charge in [-0.1, -0.05) is 19.1 Å². The molecule has 0 aliphatic carbocycles. The minimum absolute atomic E-state index is 0.0448. The van der Waals surface area contributed by atoms with Crippen molar-refractivity contribution in [2.45, 2.75) is 26.9 Å². The molecule has 0 spiro atoms. The van der Waals surface area contributed by atoms with Crippen molar-refractivity contribution in [3.8, 4) is 5.75 Å². The topological polar surface area (TPSA) is 82.8 Å². The Hall–Kier alpha value is -3.41. The molecule has 0 bridgehead atoms. The van der Waals surface area contributed by atoms with Crippen LogP contribution in [0.25, 0.3) is 11.0 Å². The van der Waals surface area contributed by atoms with Crippen molar-refractivity contribution >= 4 is 22.7 Å². The molecule has 6 heteroatoms. The van der Waals surface area contributed by atoms with Crippen molar-refractivity contribution in [1.82, 2.24) is 0 Å². The van der Waals surface area contributed by atoms with Crippen LogP contribution in [0.15, 0.2) is 57.7 Å². The molecule has 0 saturated heterocycles. The van der Waals surface area contributed by atoms with Gasteiger partial charge in [-0.15, -0.1) is 0 Å². The fraction of sp³-hybridized carbons (Fsp3) is 0.227. The smallest absolute Gasteiger partial charge is 0.344 e. The largest absolute Gasteiger partial charge is 0.482 e. The van der Waals surface area contributed by atoms with Gasteiger partial charge in [0.05, 0.1) is 0 Å². The third-order valence-electron chi connectivity index (χ3n) is 4.31. The first-order valence-corrected chi connectivity index (χ1v) is 8.91. The molecular formula is C22H20O6. The number of fused-ring (bicyclic) bond motifs is 1. The second-order valence-corrected chi connectivity index (χ2v) is 6.30. The van der Waals surface area contributed by atoms with Gasteiger partial charge >= 0.3 is 11.6 Å². The van der Waals surface area contributed by atoms with Crippen molar-refractivity contribution in [1.29, 1.82) is 0 Å². The molecular weight excluding hydrogens is 360 g/mol. The Labute approximate surface area is 161 Å². The molecule has 0 radical (unpaired) electrons. The first-order chi connectivity index (χ1) is 13.5. The van der Waals surface area contributed by atoms with Crippen LogP contribution >= 0.6 is 0 Å². The van der Waals surface area contributed by atoms with E-state index in [1.807, 2.05) is 25.1 Å². The number of esters is 1. The van der Waals surface area contributed by atoms with Gasteiger partial charge in [-0.05, 0) is 49.2 Å². The molecule has 28 heavy (non-hydrogen) atoms. The molecule has 3 aromatic rings. The molecule has 0 saturated carbocycles. The van der Waals surface area contributed by atoms with E-state index in [2.05, 4.69) is 0 Å². The van der Waals surface area contributed by atoms with E-state index in [9.17, 15) is 14.4 Å². The molecule has 0 aliphatic rings. The van der Waals surface area contributed by atoms with Gasteiger partial charge < -0.3 is 13.9 Å². The third kappa shape index (κ3) is 4.65. The maximum Gasteiger partial charge on any atom is 0.344 e. The summed E-state index contributed by atoms with van der Waals surface area (Å²) in [6, 6.07) is 13.4. The van der Waals surface area contributed by atoms with Gasteiger partial charge in [0.15, 0.2) is 12.4 Å². The highest BCUT2D eigenvalue weighted by Gasteiger charge is 2.10. The molecule has 0 N–H and O–H groups in total. The number of Topliss-reactive ketones (excluding diaryl/α,β-unsaturated/α-hetero) is 1. The van der Waals surface area contributed by atoms with E-state index in [-0.39, 0.29) is 19.0 Å². The van der Waals surface area contributed by atoms with Gasteiger partial charge in [-0.3, -0.25) is 4.79 Å². The van der Waals surface area contributed by atoms with Crippen molar-refractivity contribution < 1.29 is 23.5 Å². The van der Waals surface area contributed by atoms with Crippen LogP contribution in [0.1, 0.15) is 35.3 Å². The van der Waals surface area contributed by atoms with E-state index in [0.29, 0.717) is 22.5 Å². The lowest BCUT2D eigenvalue weighted by Crippen LogP contribution is -2.15. The third-order valence-corrected chi connectivity index (χ3v) is 4.31. The molecule has 3 rings (SSSR count). The molecule has 6 nitrogen and oxygen atoms in total. The molecule has 144 valence electrons. The maximum atomic E-state index is 12.0. The highest BCUT2D eigenvalue weighted by molar-refractivity contribution is 5.94. The molecule has 0 amide bonds. The normalized spacial score (nSPS) is 10.6. The number of aryl methyl sites for hydroxylation is 1. The standard InChI is InChI=1S/C22H20O6/c1-3-15-4-9-19-17(11-21(24)28-20(19)10-15)12-27-22(25)13-26-18-7-5-16(6-8-18)14(2)23/h4-11H,3,12-13H2,1-2H3. The Morgan fingerprint density at radius 1 is 1.04 bits per heavy atom. The zero-order valence-corrected chi connectivity index (χ0v) is 15.7. The second kappa shape index (κ2) is 8.52. The predicted octanol–water partition coefficient (Wildman–Crippen LogP) is 3.68. The maximum absolute atomic E-state index is 12.0. The Kier molecular flexibility index (Phi) is 5.89. The number of hydrogen-bond donors (Lipinski definition) is 0. The van der Waals surface area contributed by atoms with Crippen LogP contribution in [0.3, 0.4) is 0 Å². The quantitative estimate of drug-likeness (QED) is 0.353. The molecule has 0 fully saturated rings. The minimum Gasteiger partial charge on any atom is -0.482 e. The summed E-state index contributed by atoms with van der Waals surface area (Å²) < 4.78 is 15.8. The number of rotatable bonds is 7. The van der Waals surface area contributed by atoms with Gasteiger partial charge in [-0.2, -0.15) is 0 Å². The molecule has 0 unspecified atom stereocenters. The molecule has 2 aromatic carbocycles. The first kappa shape index (κ1) is 19.4. The minimum atomic E-state index is -0.567. The predicted molar refractivity (Wildman–Crippen MR) is 104 cm³/mol. The van der Waals surface area contributed by atoms with Gasteiger partial charge in [0.25, 0.3) is 0 Å². The summed E-state index contributed by atoms with van der Waals surface area (Å²) in [7, 11) is 0. The fourth-order valence-electron chi connectivity index (χ4n) is 2.74. The lowest BCUT2D eigenvalue weighted by Gasteiger charge is -2.09. The first-order valence-electron chi connectivity index (χ1n) is 8.91. The van der Waals surface area contributed by atoms with Crippen molar-refractivity contribution in [3.63, 3.8) is 0 Å². The summed E-state index contributed by atoms with van der Waals surface area (Å²) in [5, 5.41) is 0.727. The van der Waals surface area contributed by atoms with E-state index >= 15 is 0 Å². The number of benzene rings is 2. The van der Waals surface area contributed by atoms with Crippen LogP contribution in [-0.2, 0) is 22.6 Å². The summed E-state index contributed by atoms with van der Waals surface area (Å²) in [4.78, 5) is 35.0. The van der Waals surface area contributed by atoms with E-state index in [1.165, 1.54) is 13.0 Å². The van der Waals surface area contributed by atoms with E-state index < -0.39 is 11.6 Å². The van der Waals surface area contributed by atoms with Crippen LogP contribution in [0.2, 0.25) is 0 Å². The van der Waals surface area contributed by atoms with Crippen LogP contribution in [0, 0.1) is 0 Å². The Balaban J connectivity index is 1.62. The Bertz CT molecular complexity index is 1060. The average Bonchev–Trinajstić information content (AvgIpc) is 2.70. The highest BCUT2D eigenvalue weighted by Crippen LogP contribution is 2.20. The molecule has 0 aliphatic heterocycles. The zero-order chi connectivity index (χ0) is 20.1. The van der Waals surface area contributed by atoms with Crippen molar-refractivity contribution in [3.05, 3.63) is 75.6 Å². The van der Waals surface area contributed by atoms with Crippen LogP contribution in [-0.4, -0.2) is 18.4 Å². The average molecular weight is 380 g/mol. The summed E-state index contributed by atoms with van der Waals surface area (Å²) in [5.41, 5.74) is 2.17. The lowest BCUT2D eigenvalue weighted by atomic mass is 10.1. The van der Waals surface area contributed by atoms with Crippen LogP contribution in [0.5, 0.6) is 5.75 Å². The molecule has 1 aromatic heterocycles. The molecule has 1 heterocycles. The number of carbonyl (C=O) groups is 2. The van der Waals surface area contributed by atoms with Gasteiger partial charge in [-0.25, -0.2) is 9.59 Å². The number of hydrogen-bond acceptors (Lipinski definition) is 6. The highest BCUT2D eigenvalue weighted by atomic mass is 16.6. The van der Waals surface area contributed by atoms with E-state index in [4.69, 9.17) is 13.9 Å².